The van der Waals surface area contributed by atoms with Crippen molar-refractivity contribution in [2.75, 3.05) is 31.1 Å². The Morgan fingerprint density at radius 2 is 1.65 bits per heavy atom. The molecule has 11 heteroatoms. The Kier molecular flexibility index (Phi) is 5.59. The molecule has 0 atom stereocenters. The molecule has 0 unspecified atom stereocenters. The van der Waals surface area contributed by atoms with E-state index in [0.717, 1.165) is 11.3 Å². The third-order valence-electron chi connectivity index (χ3n) is 6.95. The van der Waals surface area contributed by atoms with Crippen LogP contribution in [0.4, 0.5) is 23.2 Å². The molecule has 1 amide bonds. The molecule has 3 heterocycles. The first kappa shape index (κ1) is 23.7. The second-order valence-electron chi connectivity index (χ2n) is 9.10. The Hall–Kier alpha value is -3.66. The number of benzene rings is 2. The number of halogens is 5. The monoisotopic (exact) mass is 529 g/mol. The Bertz CT molecular complexity index is 1520. The lowest BCUT2D eigenvalue weighted by Crippen LogP contribution is -2.49. The van der Waals surface area contributed by atoms with Crippen LogP contribution in [0.15, 0.2) is 48.5 Å². The van der Waals surface area contributed by atoms with E-state index < -0.39 is 17.8 Å². The van der Waals surface area contributed by atoms with E-state index >= 15 is 0 Å². The van der Waals surface area contributed by atoms with Crippen LogP contribution in [0.2, 0.25) is 5.02 Å². The molecule has 1 fully saturated rings. The average molecular weight is 530 g/mol. The molecular weight excluding hydrogens is 510 g/mol. The van der Waals surface area contributed by atoms with E-state index in [1.54, 1.807) is 24.3 Å². The first-order valence-electron chi connectivity index (χ1n) is 11.8. The molecule has 0 bridgehead atoms. The second kappa shape index (κ2) is 8.72. The molecule has 0 saturated carbocycles. The molecule has 2 aliphatic rings. The summed E-state index contributed by atoms with van der Waals surface area (Å²) < 4.78 is 57.0. The number of hydrogen-bond acceptors (Lipinski definition) is 4. The average Bonchev–Trinajstić information content (AvgIpc) is 3.22. The van der Waals surface area contributed by atoms with Gasteiger partial charge in [0.15, 0.2) is 17.0 Å². The number of amides is 1. The summed E-state index contributed by atoms with van der Waals surface area (Å²) in [7, 11) is 0. The van der Waals surface area contributed by atoms with Crippen LogP contribution in [-0.4, -0.2) is 51.6 Å². The molecule has 6 rings (SSSR count). The summed E-state index contributed by atoms with van der Waals surface area (Å²) >= 11 is 6.50. The van der Waals surface area contributed by atoms with Crippen LogP contribution in [0.3, 0.4) is 0 Å². The van der Waals surface area contributed by atoms with Crippen molar-refractivity contribution in [3.63, 3.8) is 0 Å². The highest BCUT2D eigenvalue weighted by Gasteiger charge is 2.41. The van der Waals surface area contributed by atoms with Crippen molar-refractivity contribution < 1.29 is 22.4 Å². The van der Waals surface area contributed by atoms with Gasteiger partial charge in [-0.1, -0.05) is 35.9 Å². The van der Waals surface area contributed by atoms with Crippen LogP contribution in [0.5, 0.6) is 0 Å². The number of anilines is 1. The molecule has 1 aliphatic carbocycles. The second-order valence-corrected chi connectivity index (χ2v) is 9.47. The Labute approximate surface area is 214 Å². The SMILES string of the molecule is O=C(c1nn2c(C(F)(F)F)c3c(nc2c1Cl)-c1ccccc1CC3)N1CCN(c2ccc(F)cc2)CC1. The Morgan fingerprint density at radius 3 is 2.35 bits per heavy atom. The van der Waals surface area contributed by atoms with Crippen LogP contribution in [0.1, 0.15) is 27.3 Å². The number of alkyl halides is 3. The van der Waals surface area contributed by atoms with Crippen LogP contribution < -0.4 is 4.90 Å². The van der Waals surface area contributed by atoms with Gasteiger partial charge in [0.05, 0.1) is 5.69 Å². The maximum absolute atomic E-state index is 14.4. The fourth-order valence-electron chi connectivity index (χ4n) is 5.14. The first-order chi connectivity index (χ1) is 17.7. The molecule has 6 nitrogen and oxygen atoms in total. The summed E-state index contributed by atoms with van der Waals surface area (Å²) in [5, 5.41) is 3.85. The van der Waals surface area contributed by atoms with E-state index in [0.29, 0.717) is 42.7 Å². The fourth-order valence-corrected chi connectivity index (χ4v) is 5.38. The number of fused-ring (bicyclic) bond motifs is 4. The lowest BCUT2D eigenvalue weighted by molar-refractivity contribution is -0.143. The molecule has 2 aromatic heterocycles. The zero-order chi connectivity index (χ0) is 25.9. The predicted molar refractivity (Wildman–Crippen MR) is 130 cm³/mol. The van der Waals surface area contributed by atoms with Crippen molar-refractivity contribution in [3.05, 3.63) is 81.9 Å². The predicted octanol–water partition coefficient (Wildman–Crippen LogP) is 5.27. The van der Waals surface area contributed by atoms with Crippen LogP contribution in [0.25, 0.3) is 16.9 Å². The molecule has 4 aromatic rings. The van der Waals surface area contributed by atoms with Crippen molar-refractivity contribution >= 4 is 28.8 Å². The van der Waals surface area contributed by atoms with Crippen molar-refractivity contribution in [2.45, 2.75) is 19.0 Å². The summed E-state index contributed by atoms with van der Waals surface area (Å²) in [6.45, 7) is 1.56. The van der Waals surface area contributed by atoms with E-state index in [1.807, 2.05) is 17.0 Å². The van der Waals surface area contributed by atoms with Gasteiger partial charge in [0.1, 0.15) is 10.8 Å². The Morgan fingerprint density at radius 1 is 0.946 bits per heavy atom. The molecule has 190 valence electrons. The zero-order valence-corrected chi connectivity index (χ0v) is 20.2. The van der Waals surface area contributed by atoms with Gasteiger partial charge in [-0.15, -0.1) is 0 Å². The van der Waals surface area contributed by atoms with Gasteiger partial charge >= 0.3 is 6.18 Å². The van der Waals surface area contributed by atoms with Crippen LogP contribution in [-0.2, 0) is 19.0 Å². The van der Waals surface area contributed by atoms with Gasteiger partial charge in [0.2, 0.25) is 0 Å². The maximum Gasteiger partial charge on any atom is 0.433 e. The van der Waals surface area contributed by atoms with Gasteiger partial charge < -0.3 is 9.80 Å². The van der Waals surface area contributed by atoms with Gasteiger partial charge in [0.25, 0.3) is 5.91 Å². The van der Waals surface area contributed by atoms with Gasteiger partial charge in [-0.2, -0.15) is 18.3 Å². The molecule has 1 saturated heterocycles. The molecule has 2 aromatic carbocycles. The van der Waals surface area contributed by atoms with Gasteiger partial charge in [0, 0.05) is 43.0 Å². The summed E-state index contributed by atoms with van der Waals surface area (Å²) in [5.74, 6) is -0.892. The van der Waals surface area contributed by atoms with Crippen molar-refractivity contribution in [1.29, 1.82) is 0 Å². The lowest BCUT2D eigenvalue weighted by Gasteiger charge is -2.35. The third kappa shape index (κ3) is 3.99. The normalized spacial score (nSPS) is 15.6. The van der Waals surface area contributed by atoms with Gasteiger partial charge in [-0.25, -0.2) is 13.9 Å². The van der Waals surface area contributed by atoms with E-state index in [9.17, 15) is 22.4 Å². The molecule has 0 N–H and O–H groups in total. The maximum atomic E-state index is 14.4. The smallest absolute Gasteiger partial charge is 0.368 e. The van der Waals surface area contributed by atoms with Crippen LogP contribution >= 0.6 is 11.6 Å². The highest BCUT2D eigenvalue weighted by Crippen LogP contribution is 2.42. The lowest BCUT2D eigenvalue weighted by atomic mass is 9.88. The highest BCUT2D eigenvalue weighted by atomic mass is 35.5. The number of aryl methyl sites for hydroxylation is 1. The van der Waals surface area contributed by atoms with Crippen LogP contribution in [0, 0.1) is 5.82 Å². The molecule has 1 aliphatic heterocycles. The van der Waals surface area contributed by atoms with E-state index in [1.165, 1.54) is 17.0 Å². The summed E-state index contributed by atoms with van der Waals surface area (Å²) in [6.07, 6.45) is -4.14. The first-order valence-corrected chi connectivity index (χ1v) is 12.2. The van der Waals surface area contributed by atoms with E-state index in [2.05, 4.69) is 10.1 Å². The minimum atomic E-state index is -4.73. The highest BCUT2D eigenvalue weighted by molar-refractivity contribution is 6.36. The van der Waals surface area contributed by atoms with E-state index in [-0.39, 0.29) is 39.9 Å². The quantitative estimate of drug-likeness (QED) is 0.332. The number of carbonyl (C=O) groups is 1. The largest absolute Gasteiger partial charge is 0.433 e. The third-order valence-corrected chi connectivity index (χ3v) is 7.30. The summed E-state index contributed by atoms with van der Waals surface area (Å²) in [4.78, 5) is 21.4. The van der Waals surface area contributed by atoms with Crippen molar-refractivity contribution in [2.24, 2.45) is 0 Å². The molecular formula is C26H20ClF4N5O. The topological polar surface area (TPSA) is 53.7 Å². The minimum Gasteiger partial charge on any atom is -0.368 e. The van der Waals surface area contributed by atoms with E-state index in [4.69, 9.17) is 11.6 Å². The number of hydrogen-bond donors (Lipinski definition) is 0. The number of piperazine rings is 1. The number of nitrogens with zero attached hydrogens (tertiary/aromatic N) is 5. The number of carbonyl (C=O) groups excluding carboxylic acids is 1. The summed E-state index contributed by atoms with van der Waals surface area (Å²) in [5.41, 5.74) is 1.21. The molecule has 0 radical (unpaired) electrons. The Balaban J connectivity index is 1.37. The van der Waals surface area contributed by atoms with Crippen molar-refractivity contribution in [3.8, 4) is 11.3 Å². The number of aromatic nitrogens is 3. The standard InChI is InChI=1S/C26H20ClF4N5O/c27-20-22(25(37)35-13-11-34(12-14-35)17-8-6-16(28)7-9-17)33-36-23(26(29,30)31)19-10-5-15-3-1-2-4-18(15)21(19)32-24(20)36/h1-4,6-9H,5,10-14H2. The molecule has 0 spiro atoms. The summed E-state index contributed by atoms with van der Waals surface area (Å²) in [6, 6.07) is 13.3. The number of rotatable bonds is 2. The zero-order valence-electron chi connectivity index (χ0n) is 19.4. The van der Waals surface area contributed by atoms with Crippen molar-refractivity contribution in [1.82, 2.24) is 19.5 Å². The van der Waals surface area contributed by atoms with Gasteiger partial charge in [-0.3, -0.25) is 4.79 Å². The molecule has 37 heavy (non-hydrogen) atoms. The van der Waals surface area contributed by atoms with Gasteiger partial charge in [-0.05, 0) is 42.7 Å². The minimum absolute atomic E-state index is 0.0461. The fraction of sp³-hybridized carbons (Fsp3) is 0.269.